The van der Waals surface area contributed by atoms with Crippen molar-refractivity contribution in [2.45, 2.75) is 128 Å². The van der Waals surface area contributed by atoms with E-state index in [1.807, 2.05) is 6.07 Å². The number of nitrogen functional groups attached to an aromatic ring is 1. The number of fused-ring (bicyclic) bond motifs is 1. The van der Waals surface area contributed by atoms with Crippen LogP contribution in [0.2, 0.25) is 0 Å². The maximum atomic E-state index is 12.8. The average molecular weight is 748 g/mol. The molecule has 1 unspecified atom stereocenters. The first-order valence-electron chi connectivity index (χ1n) is 18.7. The van der Waals surface area contributed by atoms with Gasteiger partial charge in [0.2, 0.25) is 0 Å². The van der Waals surface area contributed by atoms with Gasteiger partial charge in [-0.2, -0.15) is 10.4 Å². The summed E-state index contributed by atoms with van der Waals surface area (Å²) in [7, 11) is -4.74. The summed E-state index contributed by atoms with van der Waals surface area (Å²) in [6.07, 6.45) is 16.1. The molecule has 0 spiro atoms. The summed E-state index contributed by atoms with van der Waals surface area (Å²) < 4.78 is 41.1. The van der Waals surface area contributed by atoms with Crippen LogP contribution in [-0.4, -0.2) is 74.4 Å². The van der Waals surface area contributed by atoms with Gasteiger partial charge in [-0.1, -0.05) is 115 Å². The molecular weight excluding hydrogens is 689 g/mol. The molecule has 0 aliphatic heterocycles. The standard InChI is InChI=1S/C37H58N5O9P/c1-2-3-4-5-6-7-8-9-10-11-12-13-14-15-19-24-47-25-31(51-30-20-17-16-18-21-30)26-49-52(45,46)50-27-34(48-28-38)36(44)35(43)32-22-23-33-37(39)40-29-41-42(32)33/h16-18,20-23,29,31,34-36,43-44H,2-15,19,24-27H2,1H3,(H,45,46)(H2,39,40,41)/t31-,34+,35-,36+/m0/s1. The lowest BCUT2D eigenvalue weighted by atomic mass is 10.0. The van der Waals surface area contributed by atoms with Crippen LogP contribution in [0.15, 0.2) is 48.8 Å². The van der Waals surface area contributed by atoms with Gasteiger partial charge in [-0.05, 0) is 30.7 Å². The molecule has 0 saturated carbocycles. The Morgan fingerprint density at radius 3 is 2.06 bits per heavy atom. The molecule has 0 bridgehead atoms. The summed E-state index contributed by atoms with van der Waals surface area (Å²) in [6.45, 7) is 1.76. The number of nitrogens with two attached hydrogens (primary N) is 1. The van der Waals surface area contributed by atoms with E-state index in [0.29, 0.717) is 17.9 Å². The molecule has 2 aromatic heterocycles. The molecule has 2 heterocycles. The monoisotopic (exact) mass is 747 g/mol. The molecule has 52 heavy (non-hydrogen) atoms. The van der Waals surface area contributed by atoms with Crippen LogP contribution in [0.4, 0.5) is 5.82 Å². The van der Waals surface area contributed by atoms with E-state index in [1.54, 1.807) is 30.3 Å². The van der Waals surface area contributed by atoms with Gasteiger partial charge < -0.3 is 35.1 Å². The van der Waals surface area contributed by atoms with Gasteiger partial charge in [0.25, 0.3) is 6.26 Å². The number of anilines is 1. The molecule has 5 atom stereocenters. The number of aliphatic hydroxyl groups is 2. The number of nitriles is 1. The van der Waals surface area contributed by atoms with Crippen LogP contribution in [0.5, 0.6) is 5.75 Å². The van der Waals surface area contributed by atoms with E-state index in [-0.39, 0.29) is 24.7 Å². The van der Waals surface area contributed by atoms with Crippen LogP contribution in [-0.2, 0) is 23.1 Å². The summed E-state index contributed by atoms with van der Waals surface area (Å²) in [6, 6.07) is 12.0. The minimum atomic E-state index is -4.74. The van der Waals surface area contributed by atoms with Crippen LogP contribution in [0.3, 0.4) is 0 Å². The molecule has 290 valence electrons. The lowest BCUT2D eigenvalue weighted by Crippen LogP contribution is -2.37. The van der Waals surface area contributed by atoms with E-state index in [0.717, 1.165) is 19.3 Å². The van der Waals surface area contributed by atoms with Crippen molar-refractivity contribution in [1.82, 2.24) is 14.6 Å². The molecular formula is C37H58N5O9P. The molecule has 3 rings (SSSR count). The van der Waals surface area contributed by atoms with Crippen LogP contribution in [0.25, 0.3) is 5.52 Å². The zero-order valence-electron chi connectivity index (χ0n) is 30.5. The molecule has 15 heteroatoms. The molecule has 1 aromatic carbocycles. The molecule has 5 N–H and O–H groups in total. The number of ether oxygens (including phenoxy) is 3. The van der Waals surface area contributed by atoms with Crippen molar-refractivity contribution in [2.75, 3.05) is 32.2 Å². The fourth-order valence-electron chi connectivity index (χ4n) is 5.83. The number of phosphoric acid groups is 1. The molecule has 0 fully saturated rings. The third-order valence-electron chi connectivity index (χ3n) is 8.79. The van der Waals surface area contributed by atoms with Gasteiger partial charge in [0, 0.05) is 6.61 Å². The van der Waals surface area contributed by atoms with Crippen molar-refractivity contribution in [3.05, 3.63) is 54.5 Å². The van der Waals surface area contributed by atoms with E-state index in [4.69, 9.17) is 34.3 Å². The SMILES string of the molecule is CCCCCCCCCCCCCCCCCOC[C@@H](COP(=O)(O)OC[C@@H](OC#N)[C@@H](O)[C@@H](O)c1ccc2c(N)ncnn12)Oc1ccccc1. The van der Waals surface area contributed by atoms with Gasteiger partial charge >= 0.3 is 7.82 Å². The Morgan fingerprint density at radius 2 is 1.44 bits per heavy atom. The number of benzene rings is 1. The summed E-state index contributed by atoms with van der Waals surface area (Å²) in [5.74, 6) is 0.685. The molecule has 0 aliphatic carbocycles. The first-order chi connectivity index (χ1) is 25.3. The van der Waals surface area contributed by atoms with Crippen LogP contribution < -0.4 is 10.5 Å². The van der Waals surface area contributed by atoms with Crippen molar-refractivity contribution >= 4 is 19.2 Å². The number of rotatable bonds is 30. The topological polar surface area (TPSA) is 204 Å². The number of aliphatic hydroxyl groups excluding tert-OH is 2. The Hall–Kier alpha value is -3.28. The summed E-state index contributed by atoms with van der Waals surface area (Å²) >= 11 is 0. The predicted molar refractivity (Wildman–Crippen MR) is 197 cm³/mol. The van der Waals surface area contributed by atoms with Gasteiger partial charge in [0.15, 0.2) is 11.9 Å². The molecule has 0 saturated heterocycles. The highest BCUT2D eigenvalue weighted by molar-refractivity contribution is 7.47. The fraction of sp³-hybridized carbons (Fsp3) is 0.649. The van der Waals surface area contributed by atoms with Crippen molar-refractivity contribution in [2.24, 2.45) is 0 Å². The molecule has 0 aliphatic rings. The minimum Gasteiger partial charge on any atom is -0.486 e. The highest BCUT2D eigenvalue weighted by atomic mass is 31.2. The maximum Gasteiger partial charge on any atom is 0.472 e. The minimum absolute atomic E-state index is 0.109. The number of hydrogen-bond acceptors (Lipinski definition) is 12. The van der Waals surface area contributed by atoms with Crippen molar-refractivity contribution in [3.63, 3.8) is 0 Å². The fourth-order valence-corrected chi connectivity index (χ4v) is 6.59. The Labute approximate surface area is 307 Å². The first kappa shape index (κ1) is 43.1. The highest BCUT2D eigenvalue weighted by Gasteiger charge is 2.35. The lowest BCUT2D eigenvalue weighted by molar-refractivity contribution is -0.0802. The van der Waals surface area contributed by atoms with Gasteiger partial charge in [0.05, 0.1) is 25.5 Å². The van der Waals surface area contributed by atoms with Crippen molar-refractivity contribution in [3.8, 4) is 12.0 Å². The number of nitrogens with zero attached hydrogens (tertiary/aromatic N) is 4. The first-order valence-corrected chi connectivity index (χ1v) is 20.2. The predicted octanol–water partition coefficient (Wildman–Crippen LogP) is 7.04. The number of phosphoric ester groups is 1. The number of hydrogen-bond donors (Lipinski definition) is 4. The van der Waals surface area contributed by atoms with Gasteiger partial charge in [-0.3, -0.25) is 9.05 Å². The summed E-state index contributed by atoms with van der Waals surface area (Å²) in [4.78, 5) is 14.3. The van der Waals surface area contributed by atoms with Gasteiger partial charge in [-0.25, -0.2) is 14.1 Å². The van der Waals surface area contributed by atoms with Crippen molar-refractivity contribution < 1.29 is 42.9 Å². The number of unbranched alkanes of at least 4 members (excludes halogenated alkanes) is 14. The smallest absolute Gasteiger partial charge is 0.472 e. The van der Waals surface area contributed by atoms with E-state index in [1.165, 1.54) is 100 Å². The van der Waals surface area contributed by atoms with Crippen LogP contribution in [0, 0.1) is 11.5 Å². The lowest BCUT2D eigenvalue weighted by Gasteiger charge is -2.25. The third kappa shape index (κ3) is 16.2. The summed E-state index contributed by atoms with van der Waals surface area (Å²) in [5, 5.41) is 34.8. The number of aromatic nitrogens is 3. The zero-order valence-corrected chi connectivity index (χ0v) is 31.4. The van der Waals surface area contributed by atoms with Gasteiger partial charge in [-0.15, -0.1) is 0 Å². The number of para-hydroxylation sites is 1. The van der Waals surface area contributed by atoms with E-state index >= 15 is 0 Å². The van der Waals surface area contributed by atoms with Crippen LogP contribution >= 0.6 is 7.82 Å². The molecule has 14 nitrogen and oxygen atoms in total. The second-order valence-electron chi connectivity index (χ2n) is 13.0. The molecule has 0 radical (unpaired) electrons. The zero-order chi connectivity index (χ0) is 37.4. The second kappa shape index (κ2) is 24.9. The maximum absolute atomic E-state index is 12.8. The normalized spacial score (nSPS) is 15.1. The Bertz CT molecular complexity index is 1470. The highest BCUT2D eigenvalue weighted by Crippen LogP contribution is 2.44. The Morgan fingerprint density at radius 1 is 0.846 bits per heavy atom. The molecule has 3 aromatic rings. The van der Waals surface area contributed by atoms with E-state index < -0.39 is 38.8 Å². The summed E-state index contributed by atoms with van der Waals surface area (Å²) in [5.41, 5.74) is 6.34. The largest absolute Gasteiger partial charge is 0.486 e. The Kier molecular flexibility index (Phi) is 20.6. The Balaban J connectivity index is 1.37. The van der Waals surface area contributed by atoms with Gasteiger partial charge in [0.1, 0.15) is 35.9 Å². The second-order valence-corrected chi connectivity index (χ2v) is 14.5. The van der Waals surface area contributed by atoms with Crippen LogP contribution in [0.1, 0.15) is 115 Å². The van der Waals surface area contributed by atoms with E-state index in [2.05, 4.69) is 17.0 Å². The van der Waals surface area contributed by atoms with Crippen molar-refractivity contribution in [1.29, 1.82) is 5.26 Å². The quantitative estimate of drug-likeness (QED) is 0.0307. The third-order valence-corrected chi connectivity index (χ3v) is 9.74. The van der Waals surface area contributed by atoms with E-state index in [9.17, 15) is 19.7 Å². The average Bonchev–Trinajstić information content (AvgIpc) is 3.59. The molecule has 0 amide bonds.